The summed E-state index contributed by atoms with van der Waals surface area (Å²) in [5.41, 5.74) is 1.88. The van der Waals surface area contributed by atoms with E-state index in [-0.39, 0.29) is 5.91 Å². The van der Waals surface area contributed by atoms with Crippen molar-refractivity contribution in [2.75, 3.05) is 6.54 Å². The molecular weight excluding hydrogens is 278 g/mol. The summed E-state index contributed by atoms with van der Waals surface area (Å²) in [4.78, 5) is 11.9. The van der Waals surface area contributed by atoms with E-state index in [9.17, 15) is 4.79 Å². The average molecular weight is 296 g/mol. The van der Waals surface area contributed by atoms with Crippen LogP contribution in [0.5, 0.6) is 0 Å². The van der Waals surface area contributed by atoms with Crippen molar-refractivity contribution in [1.82, 2.24) is 5.32 Å². The molecule has 1 fully saturated rings. The summed E-state index contributed by atoms with van der Waals surface area (Å²) in [7, 11) is 0. The first kappa shape index (κ1) is 12.6. The molecule has 1 aromatic rings. The van der Waals surface area contributed by atoms with Crippen molar-refractivity contribution in [1.29, 1.82) is 0 Å². The minimum Gasteiger partial charge on any atom is -0.352 e. The van der Waals surface area contributed by atoms with Gasteiger partial charge in [-0.25, -0.2) is 0 Å². The van der Waals surface area contributed by atoms with Crippen LogP contribution in [0.15, 0.2) is 22.7 Å². The molecule has 0 unspecified atom stereocenters. The number of halogens is 1. The average Bonchev–Trinajstić information content (AvgIpc) is 2.25. The Kier molecular flexibility index (Phi) is 4.21. The van der Waals surface area contributed by atoms with E-state index < -0.39 is 0 Å². The molecule has 0 radical (unpaired) electrons. The van der Waals surface area contributed by atoms with Crippen LogP contribution in [0.4, 0.5) is 0 Å². The van der Waals surface area contributed by atoms with Gasteiger partial charge in [-0.1, -0.05) is 41.3 Å². The number of hydrogen-bond donors (Lipinski definition) is 1. The summed E-state index contributed by atoms with van der Waals surface area (Å²) in [6.45, 7) is 2.82. The van der Waals surface area contributed by atoms with Crippen LogP contribution in [0, 0.1) is 12.8 Å². The van der Waals surface area contributed by atoms with Crippen molar-refractivity contribution in [3.8, 4) is 0 Å². The highest BCUT2D eigenvalue weighted by Crippen LogP contribution is 2.28. The lowest BCUT2D eigenvalue weighted by Crippen LogP contribution is -2.27. The number of hydrogen-bond acceptors (Lipinski definition) is 1. The second-order valence-electron chi connectivity index (χ2n) is 4.81. The Hall–Kier alpha value is -0.830. The zero-order valence-electron chi connectivity index (χ0n) is 10.1. The van der Waals surface area contributed by atoms with Crippen LogP contribution in [-0.2, 0) is 0 Å². The zero-order chi connectivity index (χ0) is 12.3. The molecule has 1 saturated carbocycles. The number of benzene rings is 1. The van der Waals surface area contributed by atoms with Crippen LogP contribution in [0.2, 0.25) is 0 Å². The summed E-state index contributed by atoms with van der Waals surface area (Å²) in [5.74, 6) is 0.880. The highest BCUT2D eigenvalue weighted by molar-refractivity contribution is 9.10. The molecule has 0 spiro atoms. The van der Waals surface area contributed by atoms with E-state index in [4.69, 9.17) is 0 Å². The molecule has 0 aromatic heterocycles. The molecule has 0 aliphatic heterocycles. The second kappa shape index (κ2) is 5.67. The van der Waals surface area contributed by atoms with E-state index in [0.29, 0.717) is 0 Å². The standard InChI is InChI=1S/C14H18BrNO/c1-10-5-6-12(9-13(10)15)14(17)16-8-7-11-3-2-4-11/h5-6,9,11H,2-4,7-8H2,1H3,(H,16,17). The minimum atomic E-state index is 0.0324. The molecule has 2 nitrogen and oxygen atoms in total. The van der Waals surface area contributed by atoms with Crippen molar-refractivity contribution in [3.63, 3.8) is 0 Å². The number of aryl methyl sites for hydroxylation is 1. The van der Waals surface area contributed by atoms with Crippen molar-refractivity contribution in [3.05, 3.63) is 33.8 Å². The molecule has 0 bridgehead atoms. The Labute approximate surface area is 111 Å². The summed E-state index contributed by atoms with van der Waals surface area (Å²) in [5, 5.41) is 2.98. The van der Waals surface area contributed by atoms with E-state index >= 15 is 0 Å². The van der Waals surface area contributed by atoms with Crippen LogP contribution in [0.25, 0.3) is 0 Å². The predicted octanol–water partition coefficient (Wildman–Crippen LogP) is 3.68. The van der Waals surface area contributed by atoms with E-state index in [1.54, 1.807) is 0 Å². The van der Waals surface area contributed by atoms with Gasteiger partial charge in [-0.3, -0.25) is 4.79 Å². The monoisotopic (exact) mass is 295 g/mol. The molecule has 17 heavy (non-hydrogen) atoms. The van der Waals surface area contributed by atoms with Gasteiger partial charge in [0.25, 0.3) is 5.91 Å². The lowest BCUT2D eigenvalue weighted by atomic mass is 9.83. The lowest BCUT2D eigenvalue weighted by Gasteiger charge is -2.25. The largest absolute Gasteiger partial charge is 0.352 e. The van der Waals surface area contributed by atoms with Gasteiger partial charge in [-0.2, -0.15) is 0 Å². The molecule has 1 aromatic carbocycles. The Morgan fingerprint density at radius 2 is 2.24 bits per heavy atom. The van der Waals surface area contributed by atoms with E-state index in [2.05, 4.69) is 21.2 Å². The fourth-order valence-electron chi connectivity index (χ4n) is 2.01. The van der Waals surface area contributed by atoms with Crippen LogP contribution in [-0.4, -0.2) is 12.5 Å². The maximum absolute atomic E-state index is 11.9. The fourth-order valence-corrected chi connectivity index (χ4v) is 2.39. The molecule has 0 heterocycles. The molecule has 1 aliphatic rings. The number of rotatable bonds is 4. The lowest BCUT2D eigenvalue weighted by molar-refractivity contribution is 0.0949. The molecule has 3 heteroatoms. The Bertz CT molecular complexity index is 413. The zero-order valence-corrected chi connectivity index (χ0v) is 11.7. The highest BCUT2D eigenvalue weighted by Gasteiger charge is 2.17. The summed E-state index contributed by atoms with van der Waals surface area (Å²) < 4.78 is 0.990. The molecule has 92 valence electrons. The van der Waals surface area contributed by atoms with Gasteiger partial charge < -0.3 is 5.32 Å². The van der Waals surface area contributed by atoms with Crippen LogP contribution in [0.3, 0.4) is 0 Å². The summed E-state index contributed by atoms with van der Waals surface area (Å²) in [6, 6.07) is 5.72. The first-order valence-electron chi connectivity index (χ1n) is 6.21. The molecule has 1 amide bonds. The quantitative estimate of drug-likeness (QED) is 0.902. The molecule has 2 rings (SSSR count). The number of nitrogens with one attached hydrogen (secondary N) is 1. The third-order valence-corrected chi connectivity index (χ3v) is 4.35. The highest BCUT2D eigenvalue weighted by atomic mass is 79.9. The minimum absolute atomic E-state index is 0.0324. The maximum Gasteiger partial charge on any atom is 0.251 e. The Morgan fingerprint density at radius 1 is 1.47 bits per heavy atom. The van der Waals surface area contributed by atoms with Crippen LogP contribution >= 0.6 is 15.9 Å². The Morgan fingerprint density at radius 3 is 2.82 bits per heavy atom. The van der Waals surface area contributed by atoms with Gasteiger partial charge in [0.2, 0.25) is 0 Å². The molecular formula is C14H18BrNO. The van der Waals surface area contributed by atoms with Crippen LogP contribution in [0.1, 0.15) is 41.6 Å². The second-order valence-corrected chi connectivity index (χ2v) is 5.66. The van der Waals surface area contributed by atoms with Crippen molar-refractivity contribution in [2.45, 2.75) is 32.6 Å². The maximum atomic E-state index is 11.9. The van der Waals surface area contributed by atoms with Gasteiger partial charge in [0.05, 0.1) is 0 Å². The summed E-state index contributed by atoms with van der Waals surface area (Å²) >= 11 is 3.45. The SMILES string of the molecule is Cc1ccc(C(=O)NCCC2CCC2)cc1Br. The first-order chi connectivity index (χ1) is 8.16. The number of amides is 1. The smallest absolute Gasteiger partial charge is 0.251 e. The van der Waals surface area contributed by atoms with E-state index in [1.807, 2.05) is 25.1 Å². The van der Waals surface area contributed by atoms with Gasteiger partial charge in [0.15, 0.2) is 0 Å². The van der Waals surface area contributed by atoms with Gasteiger partial charge in [-0.05, 0) is 37.0 Å². The third kappa shape index (κ3) is 3.32. The van der Waals surface area contributed by atoms with Crippen molar-refractivity contribution < 1.29 is 4.79 Å². The first-order valence-corrected chi connectivity index (χ1v) is 7.00. The summed E-state index contributed by atoms with van der Waals surface area (Å²) in [6.07, 6.45) is 5.17. The molecule has 0 atom stereocenters. The van der Waals surface area contributed by atoms with E-state index in [1.165, 1.54) is 19.3 Å². The third-order valence-electron chi connectivity index (χ3n) is 3.50. The molecule has 1 N–H and O–H groups in total. The van der Waals surface area contributed by atoms with E-state index in [0.717, 1.165) is 34.5 Å². The van der Waals surface area contributed by atoms with Crippen molar-refractivity contribution in [2.24, 2.45) is 5.92 Å². The normalized spacial score (nSPS) is 15.4. The number of carbonyl (C=O) groups excluding carboxylic acids is 1. The van der Waals surface area contributed by atoms with Gasteiger partial charge in [0.1, 0.15) is 0 Å². The predicted molar refractivity (Wildman–Crippen MR) is 73.2 cm³/mol. The van der Waals surface area contributed by atoms with Gasteiger partial charge in [0, 0.05) is 16.6 Å². The molecule has 0 saturated heterocycles. The number of carbonyl (C=O) groups is 1. The van der Waals surface area contributed by atoms with Gasteiger partial charge >= 0.3 is 0 Å². The topological polar surface area (TPSA) is 29.1 Å². The molecule has 1 aliphatic carbocycles. The van der Waals surface area contributed by atoms with Crippen molar-refractivity contribution >= 4 is 21.8 Å². The van der Waals surface area contributed by atoms with Crippen LogP contribution < -0.4 is 5.32 Å². The van der Waals surface area contributed by atoms with Gasteiger partial charge in [-0.15, -0.1) is 0 Å². The fraction of sp³-hybridized carbons (Fsp3) is 0.500. The Balaban J connectivity index is 1.83.